The van der Waals surface area contributed by atoms with Crippen molar-refractivity contribution in [1.29, 1.82) is 0 Å². The molecule has 0 radical (unpaired) electrons. The Kier molecular flexibility index (Phi) is 5.73. The van der Waals surface area contributed by atoms with E-state index in [4.69, 9.17) is 0 Å². The number of aromatic nitrogens is 1. The Morgan fingerprint density at radius 3 is 2.74 bits per heavy atom. The summed E-state index contributed by atoms with van der Waals surface area (Å²) >= 11 is 3.16. The van der Waals surface area contributed by atoms with Gasteiger partial charge in [-0.1, -0.05) is 61.4 Å². The number of thiazole rings is 1. The fourth-order valence-electron chi connectivity index (χ4n) is 2.82. The summed E-state index contributed by atoms with van der Waals surface area (Å²) in [5.41, 5.74) is 2.10. The lowest BCUT2D eigenvalue weighted by molar-refractivity contribution is -0.121. The molecule has 1 aromatic heterocycles. The number of nitrogens with one attached hydrogen (secondary N) is 1. The van der Waals surface area contributed by atoms with Crippen LogP contribution in [0.1, 0.15) is 39.0 Å². The first-order chi connectivity index (χ1) is 11.2. The molecular formula is C18H22N2OS2. The highest BCUT2D eigenvalue weighted by molar-refractivity contribution is 8.02. The van der Waals surface area contributed by atoms with Gasteiger partial charge in [-0.2, -0.15) is 0 Å². The maximum Gasteiger partial charge on any atom is 0.233 e. The predicted molar refractivity (Wildman–Crippen MR) is 97.9 cm³/mol. The molecular weight excluding hydrogens is 324 g/mol. The smallest absolute Gasteiger partial charge is 0.233 e. The van der Waals surface area contributed by atoms with Crippen molar-refractivity contribution in [2.75, 3.05) is 0 Å². The number of carbonyl (C=O) groups is 1. The Bertz CT molecular complexity index is 635. The zero-order valence-corrected chi connectivity index (χ0v) is 15.0. The highest BCUT2D eigenvalue weighted by Gasteiger charge is 2.21. The van der Waals surface area contributed by atoms with Crippen LogP contribution in [0.5, 0.6) is 0 Å². The minimum atomic E-state index is -0.105. The quantitative estimate of drug-likeness (QED) is 0.795. The molecule has 3 nitrogen and oxygen atoms in total. The van der Waals surface area contributed by atoms with Gasteiger partial charge in [0, 0.05) is 17.0 Å². The molecule has 0 saturated heterocycles. The standard InChI is InChI=1S/C18H22N2OS2/c1-13(17(21)19-15-10-6-3-7-11-15)23-18-20-16(12-22-18)14-8-4-2-5-9-14/h2,4-5,8-9,12-13,15H,3,6-7,10-11H2,1H3,(H,19,21). The van der Waals surface area contributed by atoms with E-state index in [-0.39, 0.29) is 11.2 Å². The molecule has 1 N–H and O–H groups in total. The molecule has 3 rings (SSSR count). The van der Waals surface area contributed by atoms with Gasteiger partial charge in [-0.15, -0.1) is 11.3 Å². The van der Waals surface area contributed by atoms with Crippen molar-refractivity contribution in [2.24, 2.45) is 0 Å². The van der Waals surface area contributed by atoms with Crippen molar-refractivity contribution in [3.63, 3.8) is 0 Å². The van der Waals surface area contributed by atoms with Gasteiger partial charge >= 0.3 is 0 Å². The van der Waals surface area contributed by atoms with Crippen LogP contribution in [0.2, 0.25) is 0 Å². The summed E-state index contributed by atoms with van der Waals surface area (Å²) in [5.74, 6) is 0.137. The van der Waals surface area contributed by atoms with E-state index in [1.54, 1.807) is 23.1 Å². The van der Waals surface area contributed by atoms with E-state index in [9.17, 15) is 4.79 Å². The largest absolute Gasteiger partial charge is 0.352 e. The minimum absolute atomic E-state index is 0.105. The van der Waals surface area contributed by atoms with Crippen LogP contribution in [0.3, 0.4) is 0 Å². The lowest BCUT2D eigenvalue weighted by Gasteiger charge is -2.24. The van der Waals surface area contributed by atoms with Crippen LogP contribution in [-0.4, -0.2) is 22.2 Å². The zero-order valence-electron chi connectivity index (χ0n) is 13.3. The average molecular weight is 347 g/mol. The van der Waals surface area contributed by atoms with Gasteiger partial charge in [0.25, 0.3) is 0 Å². The molecule has 1 amide bonds. The van der Waals surface area contributed by atoms with E-state index in [1.165, 1.54) is 19.3 Å². The number of amides is 1. The van der Waals surface area contributed by atoms with Crippen LogP contribution in [0.15, 0.2) is 40.1 Å². The van der Waals surface area contributed by atoms with Gasteiger partial charge in [-0.25, -0.2) is 4.98 Å². The predicted octanol–water partition coefficient (Wildman–Crippen LogP) is 4.74. The summed E-state index contributed by atoms with van der Waals surface area (Å²) in [6.07, 6.45) is 6.02. The topological polar surface area (TPSA) is 42.0 Å². The third-order valence-electron chi connectivity index (χ3n) is 4.15. The summed E-state index contributed by atoms with van der Waals surface area (Å²) in [4.78, 5) is 17.0. The average Bonchev–Trinajstić information content (AvgIpc) is 3.05. The summed E-state index contributed by atoms with van der Waals surface area (Å²) in [5, 5.41) is 5.15. The van der Waals surface area contributed by atoms with E-state index in [0.717, 1.165) is 28.4 Å². The summed E-state index contributed by atoms with van der Waals surface area (Å²) in [7, 11) is 0. The van der Waals surface area contributed by atoms with Gasteiger partial charge in [-0.05, 0) is 19.8 Å². The second-order valence-corrected chi connectivity index (χ2v) is 8.41. The highest BCUT2D eigenvalue weighted by Crippen LogP contribution is 2.31. The molecule has 1 atom stereocenters. The van der Waals surface area contributed by atoms with Crippen molar-refractivity contribution < 1.29 is 4.79 Å². The molecule has 1 saturated carbocycles. The number of thioether (sulfide) groups is 1. The minimum Gasteiger partial charge on any atom is -0.352 e. The number of hydrogen-bond acceptors (Lipinski definition) is 4. The Morgan fingerprint density at radius 2 is 2.00 bits per heavy atom. The van der Waals surface area contributed by atoms with E-state index < -0.39 is 0 Å². The van der Waals surface area contributed by atoms with E-state index in [2.05, 4.69) is 27.8 Å². The molecule has 1 aliphatic carbocycles. The summed E-state index contributed by atoms with van der Waals surface area (Å²) in [6.45, 7) is 1.96. The Hall–Kier alpha value is -1.33. The first-order valence-corrected chi connectivity index (χ1v) is 9.96. The number of hydrogen-bond donors (Lipinski definition) is 1. The van der Waals surface area contributed by atoms with Gasteiger partial charge in [0.2, 0.25) is 5.91 Å². The molecule has 5 heteroatoms. The molecule has 1 heterocycles. The molecule has 122 valence electrons. The van der Waals surface area contributed by atoms with Gasteiger partial charge in [0.15, 0.2) is 4.34 Å². The molecule has 2 aromatic rings. The zero-order chi connectivity index (χ0) is 16.1. The van der Waals surface area contributed by atoms with Gasteiger partial charge in [-0.3, -0.25) is 4.79 Å². The molecule has 1 unspecified atom stereocenters. The molecule has 0 bridgehead atoms. The van der Waals surface area contributed by atoms with Crippen molar-refractivity contribution in [2.45, 2.75) is 54.7 Å². The molecule has 1 fully saturated rings. The fraction of sp³-hybridized carbons (Fsp3) is 0.444. The molecule has 0 spiro atoms. The van der Waals surface area contributed by atoms with Crippen LogP contribution in [0.4, 0.5) is 0 Å². The molecule has 1 aliphatic rings. The Balaban J connectivity index is 1.56. The molecule has 23 heavy (non-hydrogen) atoms. The highest BCUT2D eigenvalue weighted by atomic mass is 32.2. The van der Waals surface area contributed by atoms with Crippen molar-refractivity contribution in [3.8, 4) is 11.3 Å². The van der Waals surface area contributed by atoms with Crippen LogP contribution in [-0.2, 0) is 4.79 Å². The van der Waals surface area contributed by atoms with Crippen molar-refractivity contribution in [3.05, 3.63) is 35.7 Å². The van der Waals surface area contributed by atoms with Crippen LogP contribution >= 0.6 is 23.1 Å². The summed E-state index contributed by atoms with van der Waals surface area (Å²) < 4.78 is 0.954. The number of nitrogens with zero attached hydrogens (tertiary/aromatic N) is 1. The lowest BCUT2D eigenvalue weighted by Crippen LogP contribution is -2.40. The second-order valence-electron chi connectivity index (χ2n) is 5.97. The Morgan fingerprint density at radius 1 is 1.26 bits per heavy atom. The number of benzene rings is 1. The maximum atomic E-state index is 12.3. The first kappa shape index (κ1) is 16.5. The van der Waals surface area contributed by atoms with Crippen LogP contribution < -0.4 is 5.32 Å². The fourth-order valence-corrected chi connectivity index (χ4v) is 4.80. The van der Waals surface area contributed by atoms with Gasteiger partial charge in [0.05, 0.1) is 10.9 Å². The second kappa shape index (κ2) is 7.97. The third kappa shape index (κ3) is 4.58. The van der Waals surface area contributed by atoms with Crippen molar-refractivity contribution >= 4 is 29.0 Å². The molecule has 0 aliphatic heterocycles. The van der Waals surface area contributed by atoms with E-state index in [0.29, 0.717) is 6.04 Å². The van der Waals surface area contributed by atoms with Crippen LogP contribution in [0, 0.1) is 0 Å². The van der Waals surface area contributed by atoms with E-state index in [1.807, 2.05) is 25.1 Å². The van der Waals surface area contributed by atoms with Gasteiger partial charge < -0.3 is 5.32 Å². The SMILES string of the molecule is CC(Sc1nc(-c2ccccc2)cs1)C(=O)NC1CCCCC1. The lowest BCUT2D eigenvalue weighted by atomic mass is 9.95. The summed E-state index contributed by atoms with van der Waals surface area (Å²) in [6, 6.07) is 10.5. The van der Waals surface area contributed by atoms with Gasteiger partial charge in [0.1, 0.15) is 0 Å². The normalized spacial score (nSPS) is 16.9. The van der Waals surface area contributed by atoms with E-state index >= 15 is 0 Å². The molecule has 1 aromatic carbocycles. The number of rotatable bonds is 5. The third-order valence-corrected chi connectivity index (χ3v) is 6.22. The monoisotopic (exact) mass is 346 g/mol. The Labute approximate surface area is 145 Å². The van der Waals surface area contributed by atoms with Crippen molar-refractivity contribution in [1.82, 2.24) is 10.3 Å². The maximum absolute atomic E-state index is 12.3. The van der Waals surface area contributed by atoms with Crippen LogP contribution in [0.25, 0.3) is 11.3 Å². The number of carbonyl (C=O) groups excluding carboxylic acids is 1. The first-order valence-electron chi connectivity index (χ1n) is 8.20.